The van der Waals surface area contributed by atoms with Crippen LogP contribution in [0.1, 0.15) is 62.8 Å². The zero-order valence-electron chi connectivity index (χ0n) is 25.5. The lowest BCUT2D eigenvalue weighted by molar-refractivity contribution is 1.13. The number of aryl methyl sites for hydroxylation is 5. The molecule has 0 bridgehead atoms. The molecule has 41 heavy (non-hydrogen) atoms. The van der Waals surface area contributed by atoms with E-state index in [2.05, 4.69) is 152 Å². The zero-order chi connectivity index (χ0) is 29.3. The number of aliphatic imine (C=N–C) groups is 1. The molecule has 1 aliphatic rings. The van der Waals surface area contributed by atoms with E-state index in [1.165, 1.54) is 44.5 Å². The molecule has 0 spiro atoms. The highest BCUT2D eigenvalue weighted by molar-refractivity contribution is 6.15. The first-order valence-corrected chi connectivity index (χ1v) is 14.4. The van der Waals surface area contributed by atoms with Gasteiger partial charge in [0, 0.05) is 17.0 Å². The van der Waals surface area contributed by atoms with E-state index in [-0.39, 0.29) is 0 Å². The van der Waals surface area contributed by atoms with Gasteiger partial charge in [-0.3, -0.25) is 0 Å². The van der Waals surface area contributed by atoms with Gasteiger partial charge in [-0.2, -0.15) is 0 Å². The number of rotatable bonds is 7. The Hall–Kier alpha value is -4.37. The van der Waals surface area contributed by atoms with Crippen molar-refractivity contribution in [3.8, 4) is 0 Å². The van der Waals surface area contributed by atoms with Gasteiger partial charge in [0.25, 0.3) is 0 Å². The van der Waals surface area contributed by atoms with Crippen LogP contribution in [0.2, 0.25) is 0 Å². The molecule has 3 aromatic carbocycles. The molecule has 0 unspecified atom stereocenters. The van der Waals surface area contributed by atoms with Crippen LogP contribution in [0.25, 0.3) is 17.2 Å². The van der Waals surface area contributed by atoms with Crippen molar-refractivity contribution in [2.75, 3.05) is 0 Å². The first-order valence-electron chi connectivity index (χ1n) is 14.4. The van der Waals surface area contributed by atoms with Gasteiger partial charge in [-0.25, -0.2) is 4.99 Å². The van der Waals surface area contributed by atoms with Crippen LogP contribution >= 0.6 is 0 Å². The molecule has 1 aliphatic heterocycles. The number of hydrogen-bond acceptors (Lipinski definition) is 1. The topological polar surface area (TPSA) is 17.3 Å². The lowest BCUT2D eigenvalue weighted by Crippen LogP contribution is -2.07. The Morgan fingerprint density at radius 3 is 2.12 bits per heavy atom. The van der Waals surface area contributed by atoms with Crippen molar-refractivity contribution in [3.05, 3.63) is 159 Å². The molecule has 2 heterocycles. The molecule has 4 aromatic rings. The molecule has 0 saturated heterocycles. The van der Waals surface area contributed by atoms with Crippen molar-refractivity contribution >= 4 is 30.9 Å². The van der Waals surface area contributed by atoms with Gasteiger partial charge >= 0.3 is 0 Å². The summed E-state index contributed by atoms with van der Waals surface area (Å²) in [5, 5.41) is 0. The fourth-order valence-corrected chi connectivity index (χ4v) is 5.98. The Morgan fingerprint density at radius 2 is 1.44 bits per heavy atom. The Morgan fingerprint density at radius 1 is 0.805 bits per heavy atom. The summed E-state index contributed by atoms with van der Waals surface area (Å²) in [7, 11) is 2.15. The zero-order valence-corrected chi connectivity index (χ0v) is 25.5. The first kappa shape index (κ1) is 28.2. The summed E-state index contributed by atoms with van der Waals surface area (Å²) < 4.78 is 2.29. The van der Waals surface area contributed by atoms with Gasteiger partial charge in [-0.1, -0.05) is 72.8 Å². The molecule has 0 radical (unpaired) electrons. The van der Waals surface area contributed by atoms with E-state index in [1.54, 1.807) is 0 Å². The van der Waals surface area contributed by atoms with Gasteiger partial charge in [-0.05, 0) is 128 Å². The monoisotopic (exact) mass is 534 g/mol. The van der Waals surface area contributed by atoms with Crippen molar-refractivity contribution in [2.24, 2.45) is 4.99 Å². The van der Waals surface area contributed by atoms with Crippen LogP contribution in [0.3, 0.4) is 0 Å². The van der Waals surface area contributed by atoms with Gasteiger partial charge in [0.05, 0.1) is 11.4 Å². The summed E-state index contributed by atoms with van der Waals surface area (Å²) in [6.07, 6.45) is 7.38. The van der Waals surface area contributed by atoms with Gasteiger partial charge in [0.2, 0.25) is 7.98 Å². The predicted octanol–water partition coefficient (Wildman–Crippen LogP) is 8.56. The summed E-state index contributed by atoms with van der Waals surface area (Å²) in [5.41, 5.74) is 17.8. The summed E-state index contributed by atoms with van der Waals surface area (Å²) in [6, 6.07) is 26.0. The Bertz CT molecular complexity index is 1770. The fourth-order valence-electron chi connectivity index (χ4n) is 5.98. The van der Waals surface area contributed by atoms with Crippen molar-refractivity contribution in [1.82, 2.24) is 4.48 Å². The average molecular weight is 535 g/mol. The Labute approximate surface area is 246 Å². The molecule has 0 N–H and O–H groups in total. The third kappa shape index (κ3) is 5.76. The molecule has 0 amide bonds. The summed E-state index contributed by atoms with van der Waals surface area (Å²) >= 11 is 0. The van der Waals surface area contributed by atoms with E-state index in [1.807, 2.05) is 0 Å². The Kier molecular flexibility index (Phi) is 7.99. The van der Waals surface area contributed by atoms with Crippen molar-refractivity contribution in [2.45, 2.75) is 48.0 Å². The standard InChI is InChI=1S/C38H39BN2/c1-24-20-29(6)37(30(7)21-24)38(34-17-16-33(40-34)27(4)22-31-14-10-8-12-25(31)2)36-19-18-35(41(36)39)28(5)23-32-15-11-9-13-26(32)3/h8-22H,5,23,39H2,1-4,6-7H3/b27-22+,38-34+. The van der Waals surface area contributed by atoms with Crippen LogP contribution in [0.4, 0.5) is 0 Å². The van der Waals surface area contributed by atoms with Crippen molar-refractivity contribution in [1.29, 1.82) is 0 Å². The van der Waals surface area contributed by atoms with Crippen molar-refractivity contribution < 1.29 is 0 Å². The molecule has 204 valence electrons. The lowest BCUT2D eigenvalue weighted by atomic mass is 9.90. The third-order valence-electron chi connectivity index (χ3n) is 8.19. The van der Waals surface area contributed by atoms with Crippen LogP contribution in [0, 0.1) is 34.6 Å². The number of benzene rings is 3. The highest BCUT2D eigenvalue weighted by Gasteiger charge is 2.22. The largest absolute Gasteiger partial charge is 0.393 e. The highest BCUT2D eigenvalue weighted by atomic mass is 14.9. The molecule has 5 rings (SSSR count). The fraction of sp³-hybridized carbons (Fsp3) is 0.184. The molecule has 0 atom stereocenters. The third-order valence-corrected chi connectivity index (χ3v) is 8.19. The number of hydrogen-bond donors (Lipinski definition) is 0. The maximum atomic E-state index is 5.23. The normalized spacial score (nSPS) is 14.4. The van der Waals surface area contributed by atoms with E-state index in [4.69, 9.17) is 4.99 Å². The van der Waals surface area contributed by atoms with E-state index < -0.39 is 0 Å². The molecular weight excluding hydrogens is 495 g/mol. The summed E-state index contributed by atoms with van der Waals surface area (Å²) in [5.74, 6) is 0. The maximum absolute atomic E-state index is 5.23. The van der Waals surface area contributed by atoms with Gasteiger partial charge < -0.3 is 4.48 Å². The summed E-state index contributed by atoms with van der Waals surface area (Å²) in [6.45, 7) is 17.6. The van der Waals surface area contributed by atoms with Gasteiger partial charge in [0.1, 0.15) is 0 Å². The van der Waals surface area contributed by atoms with Gasteiger partial charge in [-0.15, -0.1) is 0 Å². The second kappa shape index (κ2) is 11.6. The minimum absolute atomic E-state index is 0.823. The van der Waals surface area contributed by atoms with E-state index in [9.17, 15) is 0 Å². The molecule has 2 nitrogen and oxygen atoms in total. The number of aromatic nitrogens is 1. The molecule has 0 aliphatic carbocycles. The van der Waals surface area contributed by atoms with E-state index in [0.717, 1.165) is 45.9 Å². The SMILES string of the molecule is Bn1c(C(=C)Cc2ccccc2C)ccc1/C(=C1/C=CC(C(/C)=C/c2ccccc2C)=N1)c1c(C)cc(C)cc1C. The van der Waals surface area contributed by atoms with Crippen LogP contribution in [0.15, 0.2) is 108 Å². The van der Waals surface area contributed by atoms with Crippen LogP contribution in [-0.2, 0) is 6.42 Å². The molecule has 3 heteroatoms. The van der Waals surface area contributed by atoms with Crippen LogP contribution < -0.4 is 0 Å². The quantitative estimate of drug-likeness (QED) is 0.211. The van der Waals surface area contributed by atoms with Crippen LogP contribution in [-0.4, -0.2) is 18.2 Å². The molecule has 1 aromatic heterocycles. The summed E-state index contributed by atoms with van der Waals surface area (Å²) in [4.78, 5) is 5.23. The van der Waals surface area contributed by atoms with Crippen LogP contribution in [0.5, 0.6) is 0 Å². The maximum Gasteiger partial charge on any atom is 0.223 e. The minimum Gasteiger partial charge on any atom is -0.393 e. The van der Waals surface area contributed by atoms with E-state index in [0.29, 0.717) is 0 Å². The first-order chi connectivity index (χ1) is 19.6. The van der Waals surface area contributed by atoms with Gasteiger partial charge in [0.15, 0.2) is 0 Å². The number of allylic oxidation sites excluding steroid dienone is 4. The predicted molar refractivity (Wildman–Crippen MR) is 180 cm³/mol. The van der Waals surface area contributed by atoms with Crippen molar-refractivity contribution in [3.63, 3.8) is 0 Å². The minimum atomic E-state index is 0.823. The second-order valence-corrected chi connectivity index (χ2v) is 11.4. The molecular formula is C38H39BN2. The highest BCUT2D eigenvalue weighted by Crippen LogP contribution is 2.37. The molecule has 0 saturated carbocycles. The second-order valence-electron chi connectivity index (χ2n) is 11.4. The smallest absolute Gasteiger partial charge is 0.223 e. The Balaban J connectivity index is 1.63. The van der Waals surface area contributed by atoms with E-state index >= 15 is 0 Å². The molecule has 0 fully saturated rings. The average Bonchev–Trinajstić information content (AvgIpc) is 3.56. The lowest BCUT2D eigenvalue weighted by Gasteiger charge is -2.19. The number of nitrogens with zero attached hydrogens (tertiary/aromatic N) is 2.